The van der Waals surface area contributed by atoms with E-state index in [9.17, 15) is 14.1 Å². The number of nitrogens with zero attached hydrogens (tertiary/aromatic N) is 3. The minimum absolute atomic E-state index is 0.0110. The number of rotatable bonds is 12. The second kappa shape index (κ2) is 15.1. The molecule has 5 rings (SSSR count). The van der Waals surface area contributed by atoms with E-state index in [1.54, 1.807) is 64.2 Å². The van der Waals surface area contributed by atoms with E-state index in [0.717, 1.165) is 36.1 Å². The number of aryl methyl sites for hydroxylation is 2. The topological polar surface area (TPSA) is 133 Å². The molecule has 272 valence electrons. The first-order chi connectivity index (χ1) is 23.9. The van der Waals surface area contributed by atoms with Crippen LogP contribution in [0.5, 0.6) is 0 Å². The van der Waals surface area contributed by atoms with E-state index in [1.165, 1.54) is 10.7 Å². The Bertz CT molecular complexity index is 1880. The Hall–Kier alpha value is -4.26. The summed E-state index contributed by atoms with van der Waals surface area (Å²) in [6.07, 6.45) is 5.00. The maximum Gasteiger partial charge on any atom is 0.407 e. The average molecular weight is 717 g/mol. The summed E-state index contributed by atoms with van der Waals surface area (Å²) in [5, 5.41) is 10.1. The fraction of sp³-hybridized carbons (Fsp3) is 0.436. The van der Waals surface area contributed by atoms with Crippen molar-refractivity contribution in [3.05, 3.63) is 106 Å². The first-order valence-corrected chi connectivity index (χ1v) is 18.5. The van der Waals surface area contributed by atoms with Crippen molar-refractivity contribution in [2.45, 2.75) is 104 Å². The molecule has 1 aliphatic rings. The lowest BCUT2D eigenvalue weighted by Gasteiger charge is -2.39. The van der Waals surface area contributed by atoms with Gasteiger partial charge in [0, 0.05) is 29.8 Å². The first-order valence-electron chi connectivity index (χ1n) is 17.3. The Kier molecular flexibility index (Phi) is 11.3. The first kappa shape index (κ1) is 38.0. The molecule has 0 aliphatic heterocycles. The van der Waals surface area contributed by atoms with E-state index in [1.807, 2.05) is 52.0 Å². The van der Waals surface area contributed by atoms with Crippen LogP contribution in [-0.4, -0.2) is 41.7 Å². The quantitative estimate of drug-likeness (QED) is 0.128. The summed E-state index contributed by atoms with van der Waals surface area (Å²) < 4.78 is 39.2. The number of alkyl carbamates (subject to hydrolysis) is 1. The van der Waals surface area contributed by atoms with Gasteiger partial charge in [0.05, 0.1) is 17.1 Å². The van der Waals surface area contributed by atoms with Gasteiger partial charge in [-0.25, -0.2) is 13.9 Å². The van der Waals surface area contributed by atoms with Gasteiger partial charge in [-0.3, -0.25) is 9.78 Å². The van der Waals surface area contributed by atoms with Gasteiger partial charge in [0.2, 0.25) is 0 Å². The number of halogens is 1. The smallest absolute Gasteiger partial charge is 0.407 e. The highest BCUT2D eigenvalue weighted by Gasteiger charge is 2.43. The number of carbonyl (C=O) groups is 2. The molecule has 51 heavy (non-hydrogen) atoms. The summed E-state index contributed by atoms with van der Waals surface area (Å²) in [4.78, 5) is 30.6. The Morgan fingerprint density at radius 2 is 1.71 bits per heavy atom. The van der Waals surface area contributed by atoms with Gasteiger partial charge < -0.3 is 19.9 Å². The normalized spacial score (nSPS) is 15.2. The van der Waals surface area contributed by atoms with Gasteiger partial charge >= 0.3 is 6.09 Å². The van der Waals surface area contributed by atoms with Crippen molar-refractivity contribution in [1.82, 2.24) is 24.8 Å². The minimum atomic E-state index is -1.49. The number of carbonyl (C=O) groups excluding carboxylic acids is 2. The Balaban J connectivity index is 1.48. The monoisotopic (exact) mass is 716 g/mol. The van der Waals surface area contributed by atoms with Crippen LogP contribution in [0.2, 0.25) is 0 Å². The molecule has 4 aromatic rings. The van der Waals surface area contributed by atoms with E-state index in [2.05, 4.69) is 25.4 Å². The predicted octanol–water partition coefficient (Wildman–Crippen LogP) is 7.79. The SMILES string of the molecule is Cc1cc(C(CCC2CC2)(N[S+]([O-])C(C)(C)C)c2ccc(F)c(NC(=O)c3cc(C)nn3-c3cccc(CNC(=O)OC(C)(C)C)c3)c2)ccn1. The third kappa shape index (κ3) is 9.75. The van der Waals surface area contributed by atoms with Gasteiger partial charge in [0.25, 0.3) is 5.91 Å². The van der Waals surface area contributed by atoms with Gasteiger partial charge in [-0.05, 0) is 133 Å². The van der Waals surface area contributed by atoms with Crippen LogP contribution in [0.15, 0.2) is 66.9 Å². The second-order valence-corrected chi connectivity index (χ2v) is 17.3. The van der Waals surface area contributed by atoms with Gasteiger partial charge in [0.15, 0.2) is 0 Å². The average Bonchev–Trinajstić information content (AvgIpc) is 3.80. The molecule has 3 N–H and O–H groups in total. The summed E-state index contributed by atoms with van der Waals surface area (Å²) >= 11 is -1.49. The van der Waals surface area contributed by atoms with Crippen LogP contribution in [0, 0.1) is 25.6 Å². The van der Waals surface area contributed by atoms with Crippen LogP contribution in [0.3, 0.4) is 0 Å². The summed E-state index contributed by atoms with van der Waals surface area (Å²) in [6, 6.07) is 17.5. The number of pyridine rings is 1. The Morgan fingerprint density at radius 1 is 0.980 bits per heavy atom. The van der Waals surface area contributed by atoms with Crippen molar-refractivity contribution in [1.29, 1.82) is 0 Å². The minimum Gasteiger partial charge on any atom is -0.598 e. The highest BCUT2D eigenvalue weighted by molar-refractivity contribution is 7.90. The fourth-order valence-electron chi connectivity index (χ4n) is 5.79. The standard InChI is InChI=1S/C39H49FN6O4S/c1-25-20-30(17-19-41-25)39(18-16-27-12-13-27,45-51(49)38(6,7)8)29-14-15-32(40)33(23-29)43-35(47)34-21-26(2)44-46(34)31-11-9-10-28(22-31)24-42-36(48)50-37(3,4)5/h9-11,14-15,17,19-23,27,45H,12-13,16,18,24H2,1-8H3,(H,42,48)(H,43,47). The van der Waals surface area contributed by atoms with Crippen LogP contribution >= 0.6 is 0 Å². The van der Waals surface area contributed by atoms with E-state index in [4.69, 9.17) is 4.74 Å². The fourth-order valence-corrected chi connectivity index (χ4v) is 6.75. The van der Waals surface area contributed by atoms with E-state index < -0.39 is 45.1 Å². The molecule has 0 spiro atoms. The van der Waals surface area contributed by atoms with Crippen molar-refractivity contribution < 1.29 is 23.3 Å². The molecule has 2 amide bonds. The van der Waals surface area contributed by atoms with E-state index in [0.29, 0.717) is 29.3 Å². The largest absolute Gasteiger partial charge is 0.598 e. The van der Waals surface area contributed by atoms with Crippen LogP contribution in [-0.2, 0) is 28.2 Å². The molecule has 2 unspecified atom stereocenters. The van der Waals surface area contributed by atoms with Crippen molar-refractivity contribution in [3.8, 4) is 5.69 Å². The summed E-state index contributed by atoms with van der Waals surface area (Å²) in [7, 11) is 0. The van der Waals surface area contributed by atoms with Crippen molar-refractivity contribution in [2.75, 3.05) is 5.32 Å². The van der Waals surface area contributed by atoms with Crippen LogP contribution in [0.1, 0.15) is 106 Å². The van der Waals surface area contributed by atoms with Crippen molar-refractivity contribution >= 4 is 29.0 Å². The van der Waals surface area contributed by atoms with Crippen LogP contribution in [0.25, 0.3) is 5.69 Å². The molecule has 2 heterocycles. The zero-order valence-corrected chi connectivity index (χ0v) is 31.5. The van der Waals surface area contributed by atoms with E-state index >= 15 is 4.39 Å². The maximum absolute atomic E-state index is 15.6. The maximum atomic E-state index is 15.6. The molecule has 1 fully saturated rings. The van der Waals surface area contributed by atoms with Gasteiger partial charge in [0.1, 0.15) is 27.4 Å². The number of hydrogen-bond acceptors (Lipinski definition) is 7. The summed E-state index contributed by atoms with van der Waals surface area (Å²) in [6.45, 7) is 15.0. The highest BCUT2D eigenvalue weighted by atomic mass is 32.2. The third-order valence-corrected chi connectivity index (χ3v) is 10.2. The number of benzene rings is 2. The molecule has 1 aliphatic carbocycles. The number of hydrogen-bond donors (Lipinski definition) is 3. The zero-order valence-electron chi connectivity index (χ0n) is 30.7. The molecule has 12 heteroatoms. The lowest BCUT2D eigenvalue weighted by molar-refractivity contribution is 0.0523. The molecule has 0 bridgehead atoms. The molecule has 0 radical (unpaired) electrons. The lowest BCUT2D eigenvalue weighted by Crippen LogP contribution is -2.52. The van der Waals surface area contributed by atoms with E-state index in [-0.39, 0.29) is 17.9 Å². The number of aromatic nitrogens is 3. The highest BCUT2D eigenvalue weighted by Crippen LogP contribution is 2.43. The second-order valence-electron chi connectivity index (χ2n) is 15.3. The molecule has 0 saturated heterocycles. The number of ether oxygens (including phenoxy) is 1. The summed E-state index contributed by atoms with van der Waals surface area (Å²) in [5.41, 5.74) is 2.91. The zero-order chi connectivity index (χ0) is 37.1. The van der Waals surface area contributed by atoms with Crippen molar-refractivity contribution in [2.24, 2.45) is 5.92 Å². The number of nitrogens with one attached hydrogen (secondary N) is 3. The molecule has 2 aromatic carbocycles. The van der Waals surface area contributed by atoms with Gasteiger partial charge in [-0.1, -0.05) is 31.0 Å². The Morgan fingerprint density at radius 3 is 2.37 bits per heavy atom. The number of anilines is 1. The number of amides is 2. The molecule has 10 nitrogen and oxygen atoms in total. The summed E-state index contributed by atoms with van der Waals surface area (Å²) in [5.74, 6) is -0.588. The van der Waals surface area contributed by atoms with Crippen LogP contribution < -0.4 is 15.4 Å². The molecular formula is C39H49FN6O4S. The van der Waals surface area contributed by atoms with Gasteiger partial charge in [-0.2, -0.15) is 5.10 Å². The Labute approximate surface area is 303 Å². The molecule has 1 saturated carbocycles. The third-order valence-electron chi connectivity index (χ3n) is 8.60. The van der Waals surface area contributed by atoms with Crippen molar-refractivity contribution in [3.63, 3.8) is 0 Å². The molecule has 2 atom stereocenters. The molecular weight excluding hydrogens is 668 g/mol. The molecule has 2 aromatic heterocycles. The van der Waals surface area contributed by atoms with Gasteiger partial charge in [-0.15, -0.1) is 4.72 Å². The van der Waals surface area contributed by atoms with Crippen LogP contribution in [0.4, 0.5) is 14.9 Å². The predicted molar refractivity (Wildman–Crippen MR) is 198 cm³/mol. The lowest BCUT2D eigenvalue weighted by atomic mass is 9.79.